The molecule has 0 aliphatic carbocycles. The van der Waals surface area contributed by atoms with Gasteiger partial charge in [0.05, 0.1) is 0 Å². The summed E-state index contributed by atoms with van der Waals surface area (Å²) in [5, 5.41) is 11.5. The Kier molecular flexibility index (Phi) is 3.05. The van der Waals surface area contributed by atoms with Gasteiger partial charge in [-0.25, -0.2) is 0 Å². The highest BCUT2D eigenvalue weighted by atomic mass is 15.3. The molecule has 0 saturated heterocycles. The quantitative estimate of drug-likeness (QED) is 0.833. The molecule has 0 unspecified atom stereocenters. The van der Waals surface area contributed by atoms with Gasteiger partial charge < -0.3 is 10.2 Å². The Morgan fingerprint density at radius 1 is 1.31 bits per heavy atom. The maximum atomic E-state index is 4.08. The molecule has 16 heavy (non-hydrogen) atoms. The van der Waals surface area contributed by atoms with E-state index < -0.39 is 0 Å². The largest absolute Gasteiger partial charge is 0.370 e. The number of rotatable bonds is 4. The van der Waals surface area contributed by atoms with Crippen molar-refractivity contribution in [3.63, 3.8) is 0 Å². The average molecular weight is 219 g/mol. The second kappa shape index (κ2) is 4.49. The molecule has 1 N–H and O–H groups in total. The Morgan fingerprint density at radius 3 is 2.88 bits per heavy atom. The lowest BCUT2D eigenvalue weighted by Gasteiger charge is -2.12. The highest BCUT2D eigenvalue weighted by Crippen LogP contribution is 2.12. The number of nitrogens with zero attached hydrogens (tertiary/aromatic N) is 4. The number of likely N-dealkylation sites (N-methyl/N-ethyl adjacent to an activating group) is 1. The zero-order chi connectivity index (χ0) is 11.5. The van der Waals surface area contributed by atoms with Gasteiger partial charge in [-0.15, -0.1) is 10.2 Å². The van der Waals surface area contributed by atoms with Crippen molar-refractivity contribution in [2.24, 2.45) is 0 Å². The summed E-state index contributed by atoms with van der Waals surface area (Å²) in [5.41, 5.74) is 0.882. The minimum atomic E-state index is 0.882. The van der Waals surface area contributed by atoms with Crippen molar-refractivity contribution in [1.82, 2.24) is 19.5 Å². The van der Waals surface area contributed by atoms with Crippen LogP contribution >= 0.6 is 0 Å². The smallest absolute Gasteiger partial charge is 0.162 e. The van der Waals surface area contributed by atoms with E-state index in [0.717, 1.165) is 30.4 Å². The van der Waals surface area contributed by atoms with E-state index in [0.29, 0.717) is 0 Å². The summed E-state index contributed by atoms with van der Waals surface area (Å²) in [6.07, 6.45) is 0. The number of pyridine rings is 1. The third-order valence-corrected chi connectivity index (χ3v) is 2.46. The van der Waals surface area contributed by atoms with Gasteiger partial charge >= 0.3 is 0 Å². The van der Waals surface area contributed by atoms with Gasteiger partial charge in [-0.2, -0.15) is 0 Å². The number of hydrogen-bond acceptors (Lipinski definition) is 4. The molecule has 0 aromatic carbocycles. The van der Waals surface area contributed by atoms with E-state index in [1.165, 1.54) is 0 Å². The minimum Gasteiger partial charge on any atom is -0.370 e. The molecule has 0 spiro atoms. The lowest BCUT2D eigenvalue weighted by Crippen LogP contribution is -2.21. The lowest BCUT2D eigenvalue weighted by molar-refractivity contribution is 0.425. The van der Waals surface area contributed by atoms with Crippen LogP contribution in [-0.2, 0) is 0 Å². The fourth-order valence-corrected chi connectivity index (χ4v) is 1.63. The first-order valence-electron chi connectivity index (χ1n) is 5.38. The molecule has 0 saturated carbocycles. The van der Waals surface area contributed by atoms with Gasteiger partial charge in [0.15, 0.2) is 5.65 Å². The molecule has 0 radical (unpaired) electrons. The van der Waals surface area contributed by atoms with Crippen LogP contribution in [0.15, 0.2) is 18.2 Å². The number of aryl methyl sites for hydroxylation is 1. The number of hydrogen-bond donors (Lipinski definition) is 1. The first kappa shape index (κ1) is 10.9. The Morgan fingerprint density at radius 2 is 2.12 bits per heavy atom. The SMILES string of the molecule is Cc1nnc2cccc(NCCN(C)C)n12. The van der Waals surface area contributed by atoms with E-state index >= 15 is 0 Å². The van der Waals surface area contributed by atoms with E-state index in [9.17, 15) is 0 Å². The zero-order valence-electron chi connectivity index (χ0n) is 9.94. The minimum absolute atomic E-state index is 0.882. The standard InChI is InChI=1S/C11H17N5/c1-9-13-14-11-6-4-5-10(16(9)11)12-7-8-15(2)3/h4-6,12H,7-8H2,1-3H3. The molecule has 0 amide bonds. The summed E-state index contributed by atoms with van der Waals surface area (Å²) < 4.78 is 2.02. The molecule has 0 atom stereocenters. The van der Waals surface area contributed by atoms with Gasteiger partial charge in [0.25, 0.3) is 0 Å². The van der Waals surface area contributed by atoms with Crippen LogP contribution in [0.3, 0.4) is 0 Å². The van der Waals surface area contributed by atoms with Crippen LogP contribution in [0.5, 0.6) is 0 Å². The number of fused-ring (bicyclic) bond motifs is 1. The molecule has 5 heteroatoms. The third kappa shape index (κ3) is 2.14. The van der Waals surface area contributed by atoms with Crippen LogP contribution < -0.4 is 5.32 Å². The Balaban J connectivity index is 2.20. The van der Waals surface area contributed by atoms with Crippen molar-refractivity contribution in [2.75, 3.05) is 32.5 Å². The van der Waals surface area contributed by atoms with Crippen molar-refractivity contribution in [1.29, 1.82) is 0 Å². The van der Waals surface area contributed by atoms with Crippen LogP contribution in [0.2, 0.25) is 0 Å². The highest BCUT2D eigenvalue weighted by molar-refractivity contribution is 5.50. The normalized spacial score (nSPS) is 11.2. The van der Waals surface area contributed by atoms with Gasteiger partial charge in [-0.3, -0.25) is 4.40 Å². The molecule has 0 fully saturated rings. The fraction of sp³-hybridized carbons (Fsp3) is 0.455. The number of aromatic nitrogens is 3. The average Bonchev–Trinajstić information content (AvgIpc) is 2.61. The van der Waals surface area contributed by atoms with E-state index in [4.69, 9.17) is 0 Å². The maximum Gasteiger partial charge on any atom is 0.162 e. The second-order valence-corrected chi connectivity index (χ2v) is 4.08. The van der Waals surface area contributed by atoms with E-state index in [2.05, 4.69) is 34.5 Å². The lowest BCUT2D eigenvalue weighted by atomic mass is 10.4. The summed E-state index contributed by atoms with van der Waals surface area (Å²) in [6, 6.07) is 5.98. The van der Waals surface area contributed by atoms with E-state index in [1.807, 2.05) is 29.5 Å². The summed E-state index contributed by atoms with van der Waals surface area (Å²) >= 11 is 0. The van der Waals surface area contributed by atoms with Gasteiger partial charge in [0.1, 0.15) is 11.6 Å². The van der Waals surface area contributed by atoms with Crippen LogP contribution in [0, 0.1) is 6.92 Å². The molecular formula is C11H17N5. The molecule has 2 heterocycles. The summed E-state index contributed by atoms with van der Waals surface area (Å²) in [7, 11) is 4.12. The second-order valence-electron chi connectivity index (χ2n) is 4.08. The molecule has 2 aromatic heterocycles. The predicted octanol–water partition coefficient (Wildman–Crippen LogP) is 1.01. The van der Waals surface area contributed by atoms with Crippen molar-refractivity contribution < 1.29 is 0 Å². The molecule has 2 rings (SSSR count). The Bertz CT molecular complexity index is 474. The number of nitrogens with one attached hydrogen (secondary N) is 1. The first-order valence-corrected chi connectivity index (χ1v) is 5.38. The summed E-state index contributed by atoms with van der Waals surface area (Å²) in [6.45, 7) is 3.86. The van der Waals surface area contributed by atoms with Crippen LogP contribution in [-0.4, -0.2) is 46.7 Å². The summed E-state index contributed by atoms with van der Waals surface area (Å²) in [4.78, 5) is 2.14. The van der Waals surface area contributed by atoms with Crippen molar-refractivity contribution in [3.05, 3.63) is 24.0 Å². The molecule has 5 nitrogen and oxygen atoms in total. The Labute approximate surface area is 95.1 Å². The van der Waals surface area contributed by atoms with E-state index in [-0.39, 0.29) is 0 Å². The fourth-order valence-electron chi connectivity index (χ4n) is 1.63. The maximum absolute atomic E-state index is 4.08. The van der Waals surface area contributed by atoms with Crippen molar-refractivity contribution in [2.45, 2.75) is 6.92 Å². The van der Waals surface area contributed by atoms with Crippen molar-refractivity contribution in [3.8, 4) is 0 Å². The molecule has 86 valence electrons. The van der Waals surface area contributed by atoms with Crippen LogP contribution in [0.25, 0.3) is 5.65 Å². The van der Waals surface area contributed by atoms with Gasteiger partial charge in [0.2, 0.25) is 0 Å². The topological polar surface area (TPSA) is 45.5 Å². The highest BCUT2D eigenvalue weighted by Gasteiger charge is 2.04. The molecule has 0 bridgehead atoms. The van der Waals surface area contributed by atoms with Gasteiger partial charge in [0, 0.05) is 13.1 Å². The third-order valence-electron chi connectivity index (χ3n) is 2.46. The monoisotopic (exact) mass is 219 g/mol. The van der Waals surface area contributed by atoms with Crippen molar-refractivity contribution >= 4 is 11.5 Å². The molecule has 2 aromatic rings. The van der Waals surface area contributed by atoms with Gasteiger partial charge in [-0.05, 0) is 33.2 Å². The van der Waals surface area contributed by atoms with Crippen LogP contribution in [0.1, 0.15) is 5.82 Å². The molecule has 0 aliphatic heterocycles. The predicted molar refractivity (Wildman–Crippen MR) is 64.8 cm³/mol. The molecule has 0 aliphatic rings. The van der Waals surface area contributed by atoms with Crippen LogP contribution in [0.4, 0.5) is 5.82 Å². The van der Waals surface area contributed by atoms with Gasteiger partial charge in [-0.1, -0.05) is 6.07 Å². The first-order chi connectivity index (χ1) is 7.68. The Hall–Kier alpha value is -1.62. The number of anilines is 1. The zero-order valence-corrected chi connectivity index (χ0v) is 9.94. The molecular weight excluding hydrogens is 202 g/mol. The van der Waals surface area contributed by atoms with E-state index in [1.54, 1.807) is 0 Å². The summed E-state index contributed by atoms with van der Waals surface area (Å²) in [5.74, 6) is 1.95.